The molecule has 0 aromatic rings. The van der Waals surface area contributed by atoms with E-state index in [-0.39, 0.29) is 11.6 Å². The molecule has 0 radical (unpaired) electrons. The highest BCUT2D eigenvalue weighted by Crippen LogP contribution is 2.40. The molecule has 1 heterocycles. The molecule has 3 nitrogen and oxygen atoms in total. The molecule has 2 aliphatic rings. The first-order chi connectivity index (χ1) is 8.79. The minimum absolute atomic E-state index is 0.105. The third-order valence-corrected chi connectivity index (χ3v) is 4.90. The van der Waals surface area contributed by atoms with Gasteiger partial charge in [-0.2, -0.15) is 0 Å². The van der Waals surface area contributed by atoms with E-state index in [1.54, 1.807) is 7.11 Å². The highest BCUT2D eigenvalue weighted by molar-refractivity contribution is 5.01. The van der Waals surface area contributed by atoms with Gasteiger partial charge in [-0.15, -0.1) is 0 Å². The molecule has 1 aliphatic heterocycles. The van der Waals surface area contributed by atoms with Crippen LogP contribution in [0.25, 0.3) is 0 Å². The maximum absolute atomic E-state index is 10.7. The Morgan fingerprint density at radius 1 is 1.11 bits per heavy atom. The van der Waals surface area contributed by atoms with E-state index in [4.69, 9.17) is 4.74 Å². The molecule has 0 bridgehead atoms. The Hall–Kier alpha value is -0.120. The van der Waals surface area contributed by atoms with Gasteiger partial charge in [0, 0.05) is 19.3 Å². The lowest BCUT2D eigenvalue weighted by Gasteiger charge is -2.46. The Morgan fingerprint density at radius 2 is 1.78 bits per heavy atom. The molecule has 18 heavy (non-hydrogen) atoms. The van der Waals surface area contributed by atoms with Gasteiger partial charge in [0.1, 0.15) is 0 Å². The number of methoxy groups -OCH3 is 1. The molecule has 0 aromatic heterocycles. The molecule has 1 saturated carbocycles. The average Bonchev–Trinajstić information content (AvgIpc) is 2.90. The van der Waals surface area contributed by atoms with Crippen LogP contribution >= 0.6 is 0 Å². The molecule has 1 saturated heterocycles. The highest BCUT2D eigenvalue weighted by Gasteiger charge is 2.44. The van der Waals surface area contributed by atoms with Crippen LogP contribution in [0.2, 0.25) is 0 Å². The van der Waals surface area contributed by atoms with Crippen LogP contribution in [0.4, 0.5) is 0 Å². The van der Waals surface area contributed by atoms with E-state index in [2.05, 4.69) is 4.90 Å². The Labute approximate surface area is 112 Å². The van der Waals surface area contributed by atoms with Crippen molar-refractivity contribution in [2.24, 2.45) is 0 Å². The second-order valence-corrected chi connectivity index (χ2v) is 6.01. The van der Waals surface area contributed by atoms with Crippen LogP contribution in [0.1, 0.15) is 57.8 Å². The van der Waals surface area contributed by atoms with Crippen LogP contribution in [-0.4, -0.2) is 48.5 Å². The quantitative estimate of drug-likeness (QED) is 0.740. The van der Waals surface area contributed by atoms with Crippen molar-refractivity contribution in [2.45, 2.75) is 69.4 Å². The second-order valence-electron chi connectivity index (χ2n) is 6.01. The van der Waals surface area contributed by atoms with Gasteiger partial charge in [-0.1, -0.05) is 19.3 Å². The largest absolute Gasteiger partial charge is 0.391 e. The number of piperidine rings is 1. The van der Waals surface area contributed by atoms with E-state index in [9.17, 15) is 5.11 Å². The third kappa shape index (κ3) is 3.06. The summed E-state index contributed by atoms with van der Waals surface area (Å²) in [6.45, 7) is 3.16. The van der Waals surface area contributed by atoms with E-state index in [1.165, 1.54) is 58.0 Å². The van der Waals surface area contributed by atoms with E-state index in [1.807, 2.05) is 0 Å². The molecule has 1 aliphatic carbocycles. The molecule has 1 N–H and O–H groups in total. The molecule has 1 atom stereocenters. The summed E-state index contributed by atoms with van der Waals surface area (Å²) in [5.74, 6) is 0. The van der Waals surface area contributed by atoms with Gasteiger partial charge in [0.15, 0.2) is 0 Å². The number of nitrogens with zero attached hydrogens (tertiary/aromatic N) is 1. The summed E-state index contributed by atoms with van der Waals surface area (Å²) in [7, 11) is 1.74. The van der Waals surface area contributed by atoms with Gasteiger partial charge in [-0.3, -0.25) is 4.90 Å². The van der Waals surface area contributed by atoms with E-state index >= 15 is 0 Å². The minimum atomic E-state index is -0.159. The lowest BCUT2D eigenvalue weighted by atomic mass is 9.84. The van der Waals surface area contributed by atoms with Crippen LogP contribution in [0.5, 0.6) is 0 Å². The highest BCUT2D eigenvalue weighted by atomic mass is 16.5. The summed E-state index contributed by atoms with van der Waals surface area (Å²) < 4.78 is 5.11. The Morgan fingerprint density at radius 3 is 2.39 bits per heavy atom. The molecule has 106 valence electrons. The number of ether oxygens (including phenoxy) is 1. The number of hydrogen-bond donors (Lipinski definition) is 1. The molecule has 0 aromatic carbocycles. The molecule has 0 spiro atoms. The van der Waals surface area contributed by atoms with E-state index in [0.29, 0.717) is 0 Å². The van der Waals surface area contributed by atoms with Crippen LogP contribution in [0, 0.1) is 0 Å². The fourth-order valence-electron chi connectivity index (χ4n) is 3.88. The molecule has 2 rings (SSSR count). The van der Waals surface area contributed by atoms with Crippen molar-refractivity contribution >= 4 is 0 Å². The van der Waals surface area contributed by atoms with E-state index < -0.39 is 0 Å². The molecular formula is C15H29NO2. The van der Waals surface area contributed by atoms with Gasteiger partial charge >= 0.3 is 0 Å². The maximum Gasteiger partial charge on any atom is 0.0724 e. The topological polar surface area (TPSA) is 32.7 Å². The Balaban J connectivity index is 1.96. The van der Waals surface area contributed by atoms with Crippen molar-refractivity contribution < 1.29 is 9.84 Å². The molecule has 3 heteroatoms. The summed E-state index contributed by atoms with van der Waals surface area (Å²) in [5.41, 5.74) is 0.105. The summed E-state index contributed by atoms with van der Waals surface area (Å²) in [5, 5.41) is 10.7. The van der Waals surface area contributed by atoms with Gasteiger partial charge < -0.3 is 9.84 Å². The Bertz CT molecular complexity index is 233. The molecule has 2 fully saturated rings. The number of rotatable bonds is 6. The maximum atomic E-state index is 10.7. The normalized spacial score (nSPS) is 26.3. The minimum Gasteiger partial charge on any atom is -0.391 e. The van der Waals surface area contributed by atoms with Gasteiger partial charge in [-0.25, -0.2) is 0 Å². The van der Waals surface area contributed by atoms with Crippen LogP contribution in [-0.2, 0) is 4.74 Å². The van der Waals surface area contributed by atoms with Gasteiger partial charge in [-0.05, 0) is 51.6 Å². The first-order valence-corrected chi connectivity index (χ1v) is 7.72. The summed E-state index contributed by atoms with van der Waals surface area (Å²) >= 11 is 0. The average molecular weight is 255 g/mol. The van der Waals surface area contributed by atoms with Crippen molar-refractivity contribution in [3.8, 4) is 0 Å². The van der Waals surface area contributed by atoms with Crippen molar-refractivity contribution in [2.75, 3.05) is 26.8 Å². The third-order valence-electron chi connectivity index (χ3n) is 4.90. The second kappa shape index (κ2) is 6.88. The lowest BCUT2D eigenvalue weighted by molar-refractivity contribution is -0.0448. The molecule has 0 amide bonds. The van der Waals surface area contributed by atoms with Gasteiger partial charge in [0.2, 0.25) is 0 Å². The number of aliphatic hydroxyl groups excluding tert-OH is 1. The van der Waals surface area contributed by atoms with Crippen molar-refractivity contribution in [3.63, 3.8) is 0 Å². The molecular weight excluding hydrogens is 226 g/mol. The first kappa shape index (κ1) is 14.3. The van der Waals surface area contributed by atoms with Crippen molar-refractivity contribution in [1.29, 1.82) is 0 Å². The summed E-state index contributed by atoms with van der Waals surface area (Å²) in [6.07, 6.45) is 10.7. The van der Waals surface area contributed by atoms with Gasteiger partial charge in [0.05, 0.1) is 6.10 Å². The van der Waals surface area contributed by atoms with Crippen molar-refractivity contribution in [3.05, 3.63) is 0 Å². The molecule has 1 unspecified atom stereocenters. The zero-order chi connectivity index (χ0) is 12.8. The van der Waals surface area contributed by atoms with Crippen LogP contribution in [0.15, 0.2) is 0 Å². The monoisotopic (exact) mass is 255 g/mol. The first-order valence-electron chi connectivity index (χ1n) is 7.72. The summed E-state index contributed by atoms with van der Waals surface area (Å²) in [4.78, 5) is 2.61. The Kier molecular flexibility index (Phi) is 5.46. The van der Waals surface area contributed by atoms with Crippen LogP contribution < -0.4 is 0 Å². The predicted octanol–water partition coefficient (Wildman–Crippen LogP) is 2.57. The fraction of sp³-hybridized carbons (Fsp3) is 1.00. The predicted molar refractivity (Wildman–Crippen MR) is 73.7 cm³/mol. The lowest BCUT2D eigenvalue weighted by Crippen LogP contribution is -2.56. The smallest absolute Gasteiger partial charge is 0.0724 e. The fourth-order valence-corrected chi connectivity index (χ4v) is 3.88. The van der Waals surface area contributed by atoms with E-state index in [0.717, 1.165) is 19.4 Å². The summed E-state index contributed by atoms with van der Waals surface area (Å²) in [6, 6.07) is 0. The zero-order valence-electron chi connectivity index (χ0n) is 11.9. The SMILES string of the molecule is COCCCC(O)C1(N2CCCCC2)CCCC1. The van der Waals surface area contributed by atoms with Gasteiger partial charge in [0.25, 0.3) is 0 Å². The number of aliphatic hydroxyl groups is 1. The standard InChI is InChI=1S/C15H29NO2/c1-18-13-7-8-14(17)15(9-3-4-10-15)16-11-5-2-6-12-16/h14,17H,2-13H2,1H3. The zero-order valence-corrected chi connectivity index (χ0v) is 11.9. The van der Waals surface area contributed by atoms with Crippen molar-refractivity contribution in [1.82, 2.24) is 4.90 Å². The number of likely N-dealkylation sites (tertiary alicyclic amines) is 1. The van der Waals surface area contributed by atoms with Crippen LogP contribution in [0.3, 0.4) is 0 Å². The number of hydrogen-bond acceptors (Lipinski definition) is 3.